The van der Waals surface area contributed by atoms with Gasteiger partial charge in [0.2, 0.25) is 0 Å². The van der Waals surface area contributed by atoms with Gasteiger partial charge in [0.25, 0.3) is 0 Å². The van der Waals surface area contributed by atoms with Gasteiger partial charge in [0.1, 0.15) is 5.82 Å². The molecule has 0 spiro atoms. The maximum Gasteiger partial charge on any atom is 0.141 e. The van der Waals surface area contributed by atoms with Crippen molar-refractivity contribution in [1.82, 2.24) is 5.32 Å². The van der Waals surface area contributed by atoms with Crippen LogP contribution >= 0.6 is 11.6 Å². The maximum absolute atomic E-state index is 13.2. The van der Waals surface area contributed by atoms with E-state index in [1.807, 2.05) is 12.1 Å². The molecule has 2 aromatic rings. The van der Waals surface area contributed by atoms with Gasteiger partial charge in [-0.1, -0.05) is 54.9 Å². The maximum atomic E-state index is 13.2. The van der Waals surface area contributed by atoms with Crippen LogP contribution in [0.4, 0.5) is 4.39 Å². The molecule has 2 rings (SSSR count). The molecule has 0 heterocycles. The second-order valence-corrected chi connectivity index (χ2v) is 5.61. The zero-order valence-electron chi connectivity index (χ0n) is 12.3. The summed E-state index contributed by atoms with van der Waals surface area (Å²) in [6.07, 6.45) is 2.94. The first kappa shape index (κ1) is 16.0. The van der Waals surface area contributed by atoms with E-state index in [1.165, 1.54) is 11.6 Å². The fraction of sp³-hybridized carbons (Fsp3) is 0.333. The first-order valence-corrected chi connectivity index (χ1v) is 7.80. The highest BCUT2D eigenvalue weighted by atomic mass is 35.5. The van der Waals surface area contributed by atoms with Crippen LogP contribution in [-0.2, 0) is 6.42 Å². The Bertz CT molecular complexity index is 556. The molecule has 1 N–H and O–H groups in total. The predicted octanol–water partition coefficient (Wildman–Crippen LogP) is 5.15. The van der Waals surface area contributed by atoms with E-state index in [2.05, 4.69) is 36.5 Å². The third-order valence-corrected chi connectivity index (χ3v) is 3.84. The molecule has 1 atom stereocenters. The lowest BCUT2D eigenvalue weighted by atomic mass is 9.99. The van der Waals surface area contributed by atoms with Crippen molar-refractivity contribution in [1.29, 1.82) is 0 Å². The van der Waals surface area contributed by atoms with Crippen LogP contribution in [0, 0.1) is 5.82 Å². The summed E-state index contributed by atoms with van der Waals surface area (Å²) in [5, 5.41) is 3.77. The monoisotopic (exact) mass is 305 g/mol. The van der Waals surface area contributed by atoms with E-state index in [0.29, 0.717) is 6.04 Å². The molecule has 0 aliphatic heterocycles. The highest BCUT2D eigenvalue weighted by Gasteiger charge is 2.11. The molecule has 0 aliphatic carbocycles. The fourth-order valence-corrected chi connectivity index (χ4v) is 2.60. The first-order valence-electron chi connectivity index (χ1n) is 7.43. The molecule has 1 nitrogen and oxygen atoms in total. The number of nitrogens with one attached hydrogen (secondary N) is 1. The number of aryl methyl sites for hydroxylation is 1. The van der Waals surface area contributed by atoms with E-state index in [1.54, 1.807) is 6.07 Å². The summed E-state index contributed by atoms with van der Waals surface area (Å²) in [4.78, 5) is 0. The van der Waals surface area contributed by atoms with Crippen LogP contribution in [0.2, 0.25) is 5.02 Å². The van der Waals surface area contributed by atoms with Gasteiger partial charge < -0.3 is 5.32 Å². The van der Waals surface area contributed by atoms with E-state index >= 15 is 0 Å². The molecule has 112 valence electrons. The predicted molar refractivity (Wildman–Crippen MR) is 87.2 cm³/mol. The summed E-state index contributed by atoms with van der Waals surface area (Å²) < 4.78 is 13.2. The Labute approximate surface area is 131 Å². The summed E-state index contributed by atoms with van der Waals surface area (Å²) in [6, 6.07) is 15.7. The van der Waals surface area contributed by atoms with Crippen molar-refractivity contribution >= 4 is 11.6 Å². The van der Waals surface area contributed by atoms with Crippen LogP contribution in [0.3, 0.4) is 0 Å². The number of hydrogen-bond acceptors (Lipinski definition) is 1. The van der Waals surface area contributed by atoms with Crippen molar-refractivity contribution in [2.75, 3.05) is 6.54 Å². The summed E-state index contributed by atoms with van der Waals surface area (Å²) in [7, 11) is 0. The zero-order valence-corrected chi connectivity index (χ0v) is 13.0. The van der Waals surface area contributed by atoms with Gasteiger partial charge in [0.15, 0.2) is 0 Å². The second kappa shape index (κ2) is 8.16. The van der Waals surface area contributed by atoms with Gasteiger partial charge in [-0.3, -0.25) is 0 Å². The van der Waals surface area contributed by atoms with Gasteiger partial charge in [-0.05, 0) is 49.1 Å². The summed E-state index contributed by atoms with van der Waals surface area (Å²) >= 11 is 5.84. The standard InChI is InChI=1S/C18H21ClFN/c1-2-12-21-18(15-6-4-3-5-7-15)11-9-14-8-10-17(20)16(19)13-14/h3-8,10,13,18,21H,2,9,11-12H2,1H3. The lowest BCUT2D eigenvalue weighted by molar-refractivity contribution is 0.499. The number of benzene rings is 2. The fourth-order valence-electron chi connectivity index (χ4n) is 2.40. The SMILES string of the molecule is CCCNC(CCc1ccc(F)c(Cl)c1)c1ccccc1. The Morgan fingerprint density at radius 1 is 1.14 bits per heavy atom. The van der Waals surface area contributed by atoms with Crippen LogP contribution in [0.15, 0.2) is 48.5 Å². The van der Waals surface area contributed by atoms with E-state index in [-0.39, 0.29) is 10.8 Å². The Morgan fingerprint density at radius 2 is 1.90 bits per heavy atom. The Hall–Kier alpha value is -1.38. The Balaban J connectivity index is 2.03. The van der Waals surface area contributed by atoms with Crippen molar-refractivity contribution in [2.24, 2.45) is 0 Å². The van der Waals surface area contributed by atoms with Gasteiger partial charge >= 0.3 is 0 Å². The van der Waals surface area contributed by atoms with Crippen LogP contribution < -0.4 is 5.32 Å². The molecule has 2 aromatic carbocycles. The molecule has 0 saturated heterocycles. The zero-order chi connectivity index (χ0) is 15.1. The first-order chi connectivity index (χ1) is 10.2. The normalized spacial score (nSPS) is 12.3. The molecule has 1 unspecified atom stereocenters. The average Bonchev–Trinajstić information content (AvgIpc) is 2.51. The number of rotatable bonds is 7. The molecule has 0 fully saturated rings. The van der Waals surface area contributed by atoms with Crippen molar-refractivity contribution in [3.8, 4) is 0 Å². The van der Waals surface area contributed by atoms with Crippen molar-refractivity contribution in [2.45, 2.75) is 32.2 Å². The smallest absolute Gasteiger partial charge is 0.141 e. The lowest BCUT2D eigenvalue weighted by Gasteiger charge is -2.19. The highest BCUT2D eigenvalue weighted by Crippen LogP contribution is 2.22. The summed E-state index contributed by atoms with van der Waals surface area (Å²) in [5.74, 6) is -0.357. The molecular weight excluding hydrogens is 285 g/mol. The quantitative estimate of drug-likeness (QED) is 0.745. The van der Waals surface area contributed by atoms with Gasteiger partial charge in [-0.2, -0.15) is 0 Å². The second-order valence-electron chi connectivity index (χ2n) is 5.20. The highest BCUT2D eigenvalue weighted by molar-refractivity contribution is 6.30. The van der Waals surface area contributed by atoms with E-state index < -0.39 is 0 Å². The van der Waals surface area contributed by atoms with Crippen LogP contribution in [0.1, 0.15) is 36.9 Å². The number of hydrogen-bond donors (Lipinski definition) is 1. The minimum absolute atomic E-state index is 0.199. The van der Waals surface area contributed by atoms with E-state index in [9.17, 15) is 4.39 Å². The van der Waals surface area contributed by atoms with Gasteiger partial charge in [-0.15, -0.1) is 0 Å². The minimum Gasteiger partial charge on any atom is -0.310 e. The topological polar surface area (TPSA) is 12.0 Å². The van der Waals surface area contributed by atoms with Gasteiger partial charge in [-0.25, -0.2) is 4.39 Å². The molecule has 0 radical (unpaired) electrons. The summed E-state index contributed by atoms with van der Waals surface area (Å²) in [6.45, 7) is 3.15. The largest absolute Gasteiger partial charge is 0.310 e. The molecule has 0 aromatic heterocycles. The van der Waals surface area contributed by atoms with Crippen LogP contribution in [-0.4, -0.2) is 6.54 Å². The molecule has 0 amide bonds. The van der Waals surface area contributed by atoms with Crippen LogP contribution in [0.25, 0.3) is 0 Å². The van der Waals surface area contributed by atoms with Gasteiger partial charge in [0.05, 0.1) is 5.02 Å². The molecule has 0 aliphatic rings. The third kappa shape index (κ3) is 4.83. The Kier molecular flexibility index (Phi) is 6.21. The minimum atomic E-state index is -0.357. The lowest BCUT2D eigenvalue weighted by Crippen LogP contribution is -2.22. The molecule has 0 saturated carbocycles. The van der Waals surface area contributed by atoms with Crippen molar-refractivity contribution < 1.29 is 4.39 Å². The Morgan fingerprint density at radius 3 is 2.57 bits per heavy atom. The van der Waals surface area contributed by atoms with E-state index in [4.69, 9.17) is 11.6 Å². The third-order valence-electron chi connectivity index (χ3n) is 3.55. The number of halogens is 2. The van der Waals surface area contributed by atoms with E-state index in [0.717, 1.165) is 31.4 Å². The van der Waals surface area contributed by atoms with Crippen LogP contribution in [0.5, 0.6) is 0 Å². The average molecular weight is 306 g/mol. The molecular formula is C18H21ClFN. The molecule has 21 heavy (non-hydrogen) atoms. The van der Waals surface area contributed by atoms with Gasteiger partial charge in [0, 0.05) is 6.04 Å². The van der Waals surface area contributed by atoms with Crippen molar-refractivity contribution in [3.63, 3.8) is 0 Å². The molecule has 3 heteroatoms. The van der Waals surface area contributed by atoms with Crippen molar-refractivity contribution in [3.05, 3.63) is 70.5 Å². The molecule has 0 bridgehead atoms. The summed E-state index contributed by atoms with van der Waals surface area (Å²) in [5.41, 5.74) is 2.36.